The topological polar surface area (TPSA) is 49.9 Å². The van der Waals surface area contributed by atoms with Crippen molar-refractivity contribution in [3.05, 3.63) is 0 Å². The van der Waals surface area contributed by atoms with Gasteiger partial charge >= 0.3 is 6.09 Å². The van der Waals surface area contributed by atoms with Gasteiger partial charge in [-0.15, -0.1) is 0 Å². The minimum absolute atomic E-state index is 0.0293. The maximum atomic E-state index is 12.2. The summed E-state index contributed by atoms with van der Waals surface area (Å²) in [4.78, 5) is 27.6. The summed E-state index contributed by atoms with van der Waals surface area (Å²) in [5, 5.41) is 0. The van der Waals surface area contributed by atoms with Gasteiger partial charge in [0.2, 0.25) is 5.91 Å². The average molecular weight is 298 g/mol. The van der Waals surface area contributed by atoms with Gasteiger partial charge in [0, 0.05) is 19.6 Å². The molecule has 0 aromatic carbocycles. The lowest BCUT2D eigenvalue weighted by atomic mass is 10.00. The Morgan fingerprint density at radius 2 is 1.95 bits per heavy atom. The van der Waals surface area contributed by atoms with Crippen LogP contribution in [-0.2, 0) is 9.53 Å². The molecule has 5 nitrogen and oxygen atoms in total. The predicted molar refractivity (Wildman–Crippen MR) is 83.1 cm³/mol. The number of carbonyl (C=O) groups is 2. The van der Waals surface area contributed by atoms with Crippen molar-refractivity contribution in [2.45, 2.75) is 59.5 Å². The van der Waals surface area contributed by atoms with E-state index in [0.717, 1.165) is 25.8 Å². The van der Waals surface area contributed by atoms with E-state index in [4.69, 9.17) is 4.74 Å². The van der Waals surface area contributed by atoms with Crippen LogP contribution in [0.25, 0.3) is 0 Å². The second-order valence-corrected chi connectivity index (χ2v) is 6.80. The Morgan fingerprint density at radius 1 is 1.29 bits per heavy atom. The number of nitrogens with zero attached hydrogens (tertiary/aromatic N) is 2. The Bertz CT molecular complexity index is 363. The summed E-state index contributed by atoms with van der Waals surface area (Å²) >= 11 is 0. The molecule has 1 rings (SSSR count). The van der Waals surface area contributed by atoms with E-state index in [1.165, 1.54) is 4.90 Å². The minimum Gasteiger partial charge on any atom is -0.444 e. The van der Waals surface area contributed by atoms with Crippen LogP contribution in [0.1, 0.15) is 53.9 Å². The molecule has 2 amide bonds. The Labute approximate surface area is 128 Å². The van der Waals surface area contributed by atoms with Crippen molar-refractivity contribution in [3.63, 3.8) is 0 Å². The van der Waals surface area contributed by atoms with Crippen LogP contribution in [0.5, 0.6) is 0 Å². The molecule has 1 fully saturated rings. The number of carbonyl (C=O) groups excluding carboxylic acids is 2. The van der Waals surface area contributed by atoms with Crippen LogP contribution < -0.4 is 0 Å². The zero-order valence-corrected chi connectivity index (χ0v) is 14.1. The summed E-state index contributed by atoms with van der Waals surface area (Å²) in [5.74, 6) is 0.591. The van der Waals surface area contributed by atoms with Gasteiger partial charge in [0.05, 0.1) is 0 Å². The van der Waals surface area contributed by atoms with Crippen molar-refractivity contribution >= 4 is 12.0 Å². The average Bonchev–Trinajstić information content (AvgIpc) is 2.38. The molecule has 0 radical (unpaired) electrons. The third-order valence-electron chi connectivity index (χ3n) is 3.72. The Kier molecular flexibility index (Phi) is 6.49. The molecule has 0 N–H and O–H groups in total. The third kappa shape index (κ3) is 5.94. The van der Waals surface area contributed by atoms with Gasteiger partial charge in [-0.25, -0.2) is 4.79 Å². The fraction of sp³-hybridized carbons (Fsp3) is 0.875. The van der Waals surface area contributed by atoms with Crippen molar-refractivity contribution in [3.8, 4) is 0 Å². The smallest absolute Gasteiger partial charge is 0.410 e. The molecule has 21 heavy (non-hydrogen) atoms. The van der Waals surface area contributed by atoms with Gasteiger partial charge in [0.1, 0.15) is 12.1 Å². The molecule has 1 aliphatic rings. The van der Waals surface area contributed by atoms with Gasteiger partial charge in [-0.05, 0) is 33.1 Å². The van der Waals surface area contributed by atoms with Crippen LogP contribution in [0.4, 0.5) is 4.79 Å². The molecule has 0 aromatic heterocycles. The Balaban J connectivity index is 2.50. The summed E-state index contributed by atoms with van der Waals surface area (Å²) in [6.07, 6.45) is 2.99. The second-order valence-electron chi connectivity index (χ2n) is 6.80. The first-order valence-corrected chi connectivity index (χ1v) is 8.02. The molecule has 1 heterocycles. The lowest BCUT2D eigenvalue weighted by Gasteiger charge is -2.36. The summed E-state index contributed by atoms with van der Waals surface area (Å²) in [5.41, 5.74) is -0.522. The summed E-state index contributed by atoms with van der Waals surface area (Å²) in [6.45, 7) is 12.0. The van der Waals surface area contributed by atoms with E-state index in [1.807, 2.05) is 25.7 Å². The quantitative estimate of drug-likeness (QED) is 0.784. The molecule has 0 spiro atoms. The molecule has 1 atom stereocenters. The van der Waals surface area contributed by atoms with E-state index >= 15 is 0 Å². The molecular weight excluding hydrogens is 268 g/mol. The van der Waals surface area contributed by atoms with E-state index < -0.39 is 11.7 Å². The van der Waals surface area contributed by atoms with Crippen molar-refractivity contribution in [1.82, 2.24) is 9.80 Å². The van der Waals surface area contributed by atoms with Gasteiger partial charge in [-0.3, -0.25) is 9.69 Å². The Hall–Kier alpha value is -1.26. The van der Waals surface area contributed by atoms with Crippen molar-refractivity contribution in [1.29, 1.82) is 0 Å². The van der Waals surface area contributed by atoms with Gasteiger partial charge in [-0.1, -0.05) is 26.7 Å². The molecule has 1 saturated heterocycles. The Morgan fingerprint density at radius 3 is 2.43 bits per heavy atom. The molecule has 0 aliphatic carbocycles. The minimum atomic E-state index is -0.522. The van der Waals surface area contributed by atoms with E-state index in [9.17, 15) is 9.59 Å². The first-order valence-electron chi connectivity index (χ1n) is 8.02. The van der Waals surface area contributed by atoms with Crippen molar-refractivity contribution in [2.24, 2.45) is 5.92 Å². The van der Waals surface area contributed by atoms with Gasteiger partial charge in [0.15, 0.2) is 0 Å². The normalized spacial score (nSPS) is 17.9. The molecule has 122 valence electrons. The molecule has 0 bridgehead atoms. The summed E-state index contributed by atoms with van der Waals surface area (Å²) in [6, 6.07) is 0. The molecule has 1 unspecified atom stereocenters. The zero-order chi connectivity index (χ0) is 16.0. The van der Waals surface area contributed by atoms with Crippen LogP contribution in [0, 0.1) is 5.92 Å². The summed E-state index contributed by atoms with van der Waals surface area (Å²) < 4.78 is 5.32. The maximum absolute atomic E-state index is 12.2. The number of piperazine rings is 1. The highest BCUT2D eigenvalue weighted by atomic mass is 16.6. The number of hydrogen-bond acceptors (Lipinski definition) is 3. The molecule has 1 aliphatic heterocycles. The maximum Gasteiger partial charge on any atom is 0.410 e. The standard InChI is InChI=1S/C16H30N2O3/c1-6-8-13(7-2)11-17-9-10-18(12-14(17)19)15(20)21-16(3,4)5/h13H,6-12H2,1-5H3. The third-order valence-corrected chi connectivity index (χ3v) is 3.72. The van der Waals surface area contributed by atoms with Gasteiger partial charge in [-0.2, -0.15) is 0 Å². The van der Waals surface area contributed by atoms with E-state index in [-0.39, 0.29) is 12.5 Å². The van der Waals surface area contributed by atoms with Crippen molar-refractivity contribution < 1.29 is 14.3 Å². The largest absolute Gasteiger partial charge is 0.444 e. The molecule has 0 aromatic rings. The van der Waals surface area contributed by atoms with Gasteiger partial charge in [0.25, 0.3) is 0 Å². The highest BCUT2D eigenvalue weighted by molar-refractivity contribution is 5.83. The number of rotatable bonds is 5. The second kappa shape index (κ2) is 7.66. The fourth-order valence-electron chi connectivity index (χ4n) is 2.53. The monoisotopic (exact) mass is 298 g/mol. The highest BCUT2D eigenvalue weighted by Crippen LogP contribution is 2.16. The number of hydrogen-bond donors (Lipinski definition) is 0. The van der Waals surface area contributed by atoms with E-state index in [0.29, 0.717) is 19.0 Å². The van der Waals surface area contributed by atoms with Crippen LogP contribution in [0.3, 0.4) is 0 Å². The van der Waals surface area contributed by atoms with E-state index in [2.05, 4.69) is 13.8 Å². The lowest BCUT2D eigenvalue weighted by Crippen LogP contribution is -2.54. The highest BCUT2D eigenvalue weighted by Gasteiger charge is 2.30. The van der Waals surface area contributed by atoms with Crippen LogP contribution in [0.2, 0.25) is 0 Å². The lowest BCUT2D eigenvalue weighted by molar-refractivity contribution is -0.136. The zero-order valence-electron chi connectivity index (χ0n) is 14.1. The predicted octanol–water partition coefficient (Wildman–Crippen LogP) is 2.89. The molecule has 0 saturated carbocycles. The first kappa shape index (κ1) is 17.8. The van der Waals surface area contributed by atoms with Crippen molar-refractivity contribution in [2.75, 3.05) is 26.2 Å². The number of ether oxygens (including phenoxy) is 1. The van der Waals surface area contributed by atoms with E-state index in [1.54, 1.807) is 0 Å². The molecular formula is C16H30N2O3. The number of amides is 2. The SMILES string of the molecule is CCCC(CC)CN1CCN(C(=O)OC(C)(C)C)CC1=O. The fourth-order valence-corrected chi connectivity index (χ4v) is 2.53. The first-order chi connectivity index (χ1) is 9.76. The van der Waals surface area contributed by atoms with Gasteiger partial charge < -0.3 is 9.64 Å². The molecule has 5 heteroatoms. The summed E-state index contributed by atoms with van der Waals surface area (Å²) in [7, 11) is 0. The van der Waals surface area contributed by atoms with Crippen LogP contribution in [-0.4, -0.2) is 53.6 Å². The van der Waals surface area contributed by atoms with Crippen LogP contribution in [0.15, 0.2) is 0 Å². The van der Waals surface area contributed by atoms with Crippen LogP contribution >= 0.6 is 0 Å².